The van der Waals surface area contributed by atoms with E-state index in [1.165, 1.54) is 0 Å². The van der Waals surface area contributed by atoms with Crippen molar-refractivity contribution in [2.45, 2.75) is 81.7 Å². The van der Waals surface area contributed by atoms with Crippen LogP contribution in [0, 0.1) is 0 Å². The molecule has 0 radical (unpaired) electrons. The molecule has 0 aliphatic carbocycles. The SMILES string of the molecule is CC1(C)CC(Nc2cccc(-c3sc(C(=O)O)c(OCC(=O)O)c3Cl)c2)CCN1S(=O)(=O)Cc1cnc2[nH]c(N3CCC(c4ccc5c6c(cccc46)C(=O)N5C4CCC(=O)NC4=O)CC3)cc2c1. The number of nitrogens with one attached hydrogen (secondary N) is 3. The van der Waals surface area contributed by atoms with Crippen molar-refractivity contribution in [2.75, 3.05) is 41.4 Å². The number of imide groups is 1. The standard InChI is InChI=1S/C49H48ClN7O10S2/c1-49(2)22-31(52-30-6-3-5-28(20-30)43-41(50)42(67-24-39(59)60)44(68-43)48(63)64)15-18-56(49)69(65,66)25-26-19-29-21-37(53-45(29)51-23-26)55-16-13-27(14-17-55)32-9-10-35-40-33(32)7-4-8-34(40)47(62)57(35)36-11-12-38(58)54-46(36)61/h3-10,19-21,23,27,31,36,52H,11-18,22,24-25H2,1-2H3,(H,51,53)(H,59,60)(H,63,64)(H,54,58,61). The van der Waals surface area contributed by atoms with Crippen molar-refractivity contribution in [3.05, 3.63) is 99.5 Å². The molecule has 2 unspecified atom stereocenters. The van der Waals surface area contributed by atoms with Gasteiger partial charge in [-0.1, -0.05) is 41.9 Å². The molecular weight excluding hydrogens is 946 g/mol. The quantitative estimate of drug-likeness (QED) is 0.0703. The number of halogens is 1. The average Bonchev–Trinajstić information content (AvgIpc) is 3.97. The lowest BCUT2D eigenvalue weighted by Gasteiger charge is -2.45. The molecule has 358 valence electrons. The van der Waals surface area contributed by atoms with Crippen LogP contribution >= 0.6 is 22.9 Å². The van der Waals surface area contributed by atoms with Crippen molar-refractivity contribution in [1.29, 1.82) is 0 Å². The molecule has 20 heteroatoms. The maximum absolute atomic E-state index is 14.1. The normalized spacial score (nSPS) is 19.9. The van der Waals surface area contributed by atoms with Crippen molar-refractivity contribution >= 4 is 102 Å². The molecule has 3 aromatic carbocycles. The molecule has 3 amide bonds. The average molecular weight is 995 g/mol. The number of fused-ring (bicyclic) bond motifs is 1. The van der Waals surface area contributed by atoms with E-state index in [1.807, 2.05) is 56.3 Å². The first-order valence-electron chi connectivity index (χ1n) is 22.7. The van der Waals surface area contributed by atoms with Gasteiger partial charge in [0.05, 0.1) is 16.3 Å². The van der Waals surface area contributed by atoms with Gasteiger partial charge in [0.2, 0.25) is 21.8 Å². The van der Waals surface area contributed by atoms with E-state index in [0.717, 1.165) is 70.5 Å². The van der Waals surface area contributed by atoms with Gasteiger partial charge in [0, 0.05) is 65.9 Å². The van der Waals surface area contributed by atoms with Crippen molar-refractivity contribution < 1.29 is 47.3 Å². The van der Waals surface area contributed by atoms with Crippen LogP contribution in [0.15, 0.2) is 72.9 Å². The van der Waals surface area contributed by atoms with Crippen molar-refractivity contribution in [2.24, 2.45) is 0 Å². The number of ether oxygens (including phenoxy) is 1. The molecule has 4 aliphatic rings. The number of carboxylic acids is 2. The van der Waals surface area contributed by atoms with Gasteiger partial charge >= 0.3 is 11.9 Å². The van der Waals surface area contributed by atoms with Gasteiger partial charge in [-0.3, -0.25) is 24.6 Å². The summed E-state index contributed by atoms with van der Waals surface area (Å²) in [5.74, 6) is -2.83. The highest BCUT2D eigenvalue weighted by molar-refractivity contribution is 7.88. The monoisotopic (exact) mass is 993 g/mol. The molecule has 3 aromatic heterocycles. The van der Waals surface area contributed by atoms with E-state index in [4.69, 9.17) is 21.4 Å². The Labute approximate surface area is 405 Å². The van der Waals surface area contributed by atoms with Crippen LogP contribution in [0.3, 0.4) is 0 Å². The number of sulfonamides is 1. The zero-order valence-electron chi connectivity index (χ0n) is 37.6. The molecule has 0 spiro atoms. The number of carbonyl (C=O) groups excluding carboxylic acids is 3. The summed E-state index contributed by atoms with van der Waals surface area (Å²) in [6.07, 6.45) is 4.83. The Kier molecular flexibility index (Phi) is 11.9. The van der Waals surface area contributed by atoms with Gasteiger partial charge in [0.15, 0.2) is 17.2 Å². The number of H-pyrrole nitrogens is 1. The lowest BCUT2D eigenvalue weighted by Crippen LogP contribution is -2.55. The number of amides is 3. The highest BCUT2D eigenvalue weighted by Crippen LogP contribution is 2.47. The van der Waals surface area contributed by atoms with Crippen LogP contribution < -0.4 is 25.2 Å². The number of thiophene rings is 1. The Balaban J connectivity index is 0.778. The van der Waals surface area contributed by atoms with E-state index < -0.39 is 46.1 Å². The lowest BCUT2D eigenvalue weighted by molar-refractivity contribution is -0.139. The van der Waals surface area contributed by atoms with E-state index in [2.05, 4.69) is 31.6 Å². The number of aliphatic carboxylic acids is 1. The zero-order valence-corrected chi connectivity index (χ0v) is 40.0. The molecule has 3 saturated heterocycles. The third kappa shape index (κ3) is 8.65. The molecule has 3 fully saturated rings. The number of hydrogen-bond donors (Lipinski definition) is 5. The van der Waals surface area contributed by atoms with Gasteiger partial charge in [0.1, 0.15) is 22.5 Å². The van der Waals surface area contributed by atoms with Crippen molar-refractivity contribution in [3.8, 4) is 16.2 Å². The molecule has 6 aromatic rings. The molecule has 7 heterocycles. The minimum absolute atomic E-state index is 0.00899. The molecule has 10 rings (SSSR count). The second-order valence-corrected chi connectivity index (χ2v) is 22.0. The molecule has 0 bridgehead atoms. The number of piperidine rings is 3. The summed E-state index contributed by atoms with van der Waals surface area (Å²) in [4.78, 5) is 73.5. The van der Waals surface area contributed by atoms with E-state index in [0.29, 0.717) is 45.7 Å². The molecular formula is C49H48ClN7O10S2. The number of benzene rings is 3. The minimum Gasteiger partial charge on any atom is -0.479 e. The Bertz CT molecular complexity index is 3240. The number of hydrogen-bond acceptors (Lipinski definition) is 12. The topological polar surface area (TPSA) is 232 Å². The second kappa shape index (κ2) is 17.8. The fraction of sp³-hybridized carbons (Fsp3) is 0.347. The summed E-state index contributed by atoms with van der Waals surface area (Å²) in [5, 5.41) is 27.4. The number of nitrogens with zero attached hydrogens (tertiary/aromatic N) is 4. The number of anilines is 3. The van der Waals surface area contributed by atoms with Crippen LogP contribution in [0.4, 0.5) is 17.2 Å². The number of aromatic nitrogens is 2. The molecule has 5 N–H and O–H groups in total. The van der Waals surface area contributed by atoms with Crippen LogP contribution in [-0.2, 0) is 30.2 Å². The summed E-state index contributed by atoms with van der Waals surface area (Å²) in [5.41, 5.74) is 4.28. The van der Waals surface area contributed by atoms with E-state index >= 15 is 0 Å². The predicted molar refractivity (Wildman–Crippen MR) is 262 cm³/mol. The largest absolute Gasteiger partial charge is 0.479 e. The summed E-state index contributed by atoms with van der Waals surface area (Å²) in [7, 11) is -3.77. The highest BCUT2D eigenvalue weighted by Gasteiger charge is 2.43. The molecule has 4 aliphatic heterocycles. The number of carbonyl (C=O) groups is 5. The second-order valence-electron chi connectivity index (χ2n) is 18.7. The molecule has 17 nitrogen and oxygen atoms in total. The van der Waals surface area contributed by atoms with Crippen LogP contribution in [0.2, 0.25) is 5.02 Å². The third-order valence-corrected chi connectivity index (χ3v) is 17.4. The van der Waals surface area contributed by atoms with Crippen molar-refractivity contribution in [1.82, 2.24) is 19.6 Å². The maximum Gasteiger partial charge on any atom is 0.349 e. The Morgan fingerprint density at radius 2 is 1.77 bits per heavy atom. The summed E-state index contributed by atoms with van der Waals surface area (Å²) in [6, 6.07) is 20.1. The van der Waals surface area contributed by atoms with Crippen LogP contribution in [-0.4, -0.2) is 106 Å². The zero-order chi connectivity index (χ0) is 48.5. The number of aromatic carboxylic acids is 1. The van der Waals surface area contributed by atoms with Crippen LogP contribution in [0.25, 0.3) is 32.2 Å². The van der Waals surface area contributed by atoms with E-state index in [1.54, 1.807) is 33.6 Å². The van der Waals surface area contributed by atoms with Gasteiger partial charge in [-0.05, 0) is 110 Å². The third-order valence-electron chi connectivity index (χ3n) is 13.7. The van der Waals surface area contributed by atoms with Crippen LogP contribution in [0.5, 0.6) is 5.75 Å². The first kappa shape index (κ1) is 46.2. The Morgan fingerprint density at radius 1 is 0.986 bits per heavy atom. The van der Waals surface area contributed by atoms with Gasteiger partial charge in [0.25, 0.3) is 5.91 Å². The number of carboxylic acid groups (broad SMARTS) is 2. The summed E-state index contributed by atoms with van der Waals surface area (Å²) < 4.78 is 35.1. The lowest BCUT2D eigenvalue weighted by atomic mass is 9.85. The number of pyridine rings is 1. The van der Waals surface area contributed by atoms with Crippen LogP contribution in [0.1, 0.15) is 89.4 Å². The van der Waals surface area contributed by atoms with Gasteiger partial charge in [-0.15, -0.1) is 11.3 Å². The Morgan fingerprint density at radius 3 is 2.51 bits per heavy atom. The van der Waals surface area contributed by atoms with Gasteiger partial charge in [-0.2, -0.15) is 4.31 Å². The first-order valence-corrected chi connectivity index (χ1v) is 25.5. The van der Waals surface area contributed by atoms with Crippen molar-refractivity contribution in [3.63, 3.8) is 0 Å². The van der Waals surface area contributed by atoms with E-state index in [-0.39, 0.29) is 64.6 Å². The smallest absolute Gasteiger partial charge is 0.349 e. The predicted octanol–water partition coefficient (Wildman–Crippen LogP) is 7.59. The minimum atomic E-state index is -3.77. The fourth-order valence-corrected chi connectivity index (χ4v) is 14.0. The Hall–Kier alpha value is -6.54. The number of aromatic amines is 1. The maximum atomic E-state index is 14.1. The molecule has 69 heavy (non-hydrogen) atoms. The molecule has 0 saturated carbocycles. The first-order chi connectivity index (χ1) is 33.0. The number of rotatable bonds is 13. The highest BCUT2D eigenvalue weighted by atomic mass is 35.5. The van der Waals surface area contributed by atoms with E-state index in [9.17, 15) is 37.5 Å². The summed E-state index contributed by atoms with van der Waals surface area (Å²) in [6.45, 7) is 4.90. The van der Waals surface area contributed by atoms with Gasteiger partial charge < -0.3 is 30.2 Å². The summed E-state index contributed by atoms with van der Waals surface area (Å²) >= 11 is 7.43. The van der Waals surface area contributed by atoms with Gasteiger partial charge in [-0.25, -0.2) is 23.0 Å². The fourth-order valence-electron chi connectivity index (χ4n) is 10.6. The molecule has 2 atom stereocenters.